The van der Waals surface area contributed by atoms with Crippen LogP contribution in [0, 0.1) is 0 Å². The van der Waals surface area contributed by atoms with E-state index in [4.69, 9.17) is 14.2 Å². The van der Waals surface area contributed by atoms with Gasteiger partial charge in [-0.25, -0.2) is 4.79 Å². The highest BCUT2D eigenvalue weighted by Crippen LogP contribution is 2.46. The van der Waals surface area contributed by atoms with Crippen LogP contribution in [0.3, 0.4) is 0 Å². The molecule has 1 heterocycles. The lowest BCUT2D eigenvalue weighted by Crippen LogP contribution is -2.36. The largest absolute Gasteiger partial charge is 0.508 e. The number of phenols is 1. The van der Waals surface area contributed by atoms with E-state index >= 15 is 0 Å². The zero-order valence-electron chi connectivity index (χ0n) is 21.2. The first-order valence-electron chi connectivity index (χ1n) is 12.3. The maximum absolute atomic E-state index is 13.7. The van der Waals surface area contributed by atoms with E-state index in [0.29, 0.717) is 47.8 Å². The lowest BCUT2D eigenvalue weighted by molar-refractivity contribution is -0.139. The molecule has 7 heteroatoms. The molecular weight excluding hydrogens is 458 g/mol. The number of ketones is 1. The number of ether oxygens (including phenoxy) is 3. The number of hydrogen-bond acceptors (Lipinski definition) is 7. The van der Waals surface area contributed by atoms with E-state index in [9.17, 15) is 14.7 Å². The van der Waals surface area contributed by atoms with Gasteiger partial charge in [-0.3, -0.25) is 4.79 Å². The van der Waals surface area contributed by atoms with Gasteiger partial charge in [0.15, 0.2) is 17.3 Å². The lowest BCUT2D eigenvalue weighted by Gasteiger charge is -2.36. The minimum Gasteiger partial charge on any atom is -0.508 e. The number of unbranched alkanes of at least 4 members (excludes halogenated alkanes) is 1. The van der Waals surface area contributed by atoms with Crippen LogP contribution >= 0.6 is 0 Å². The topological polar surface area (TPSA) is 94.1 Å². The first kappa shape index (κ1) is 25.4. The molecule has 0 unspecified atom stereocenters. The number of rotatable bonds is 8. The quantitative estimate of drug-likeness (QED) is 0.391. The summed E-state index contributed by atoms with van der Waals surface area (Å²) in [5.41, 5.74) is 4.27. The molecule has 0 spiro atoms. The van der Waals surface area contributed by atoms with Crippen molar-refractivity contribution in [2.24, 2.45) is 0 Å². The van der Waals surface area contributed by atoms with E-state index < -0.39 is 11.9 Å². The van der Waals surface area contributed by atoms with Crippen LogP contribution in [0.2, 0.25) is 0 Å². The van der Waals surface area contributed by atoms with Crippen LogP contribution in [-0.4, -0.2) is 37.7 Å². The van der Waals surface area contributed by atoms with Gasteiger partial charge in [-0.1, -0.05) is 31.5 Å². The van der Waals surface area contributed by atoms with Gasteiger partial charge in [-0.2, -0.15) is 0 Å². The highest BCUT2D eigenvalue weighted by Gasteiger charge is 2.41. The summed E-state index contributed by atoms with van der Waals surface area (Å²) in [6.07, 6.45) is 2.61. The molecule has 7 nitrogen and oxygen atoms in total. The van der Waals surface area contributed by atoms with Gasteiger partial charge in [0.1, 0.15) is 5.75 Å². The van der Waals surface area contributed by atoms with Crippen molar-refractivity contribution in [2.45, 2.75) is 51.4 Å². The SMILES string of the molecule is CCCCOC(=O)C1=C(C)NC2=C(C(=O)C[C@H](c3ccc(OC)c(OC)c3)C2)[C@H]1c1ccc(O)cc1. The maximum Gasteiger partial charge on any atom is 0.336 e. The molecule has 2 N–H and O–H groups in total. The maximum atomic E-state index is 13.7. The predicted octanol–water partition coefficient (Wildman–Crippen LogP) is 5.11. The van der Waals surface area contributed by atoms with Crippen LogP contribution < -0.4 is 14.8 Å². The number of phenolic OH excluding ortho intramolecular Hbond substituents is 1. The Morgan fingerprint density at radius 3 is 2.39 bits per heavy atom. The fourth-order valence-corrected chi connectivity index (χ4v) is 5.04. The fourth-order valence-electron chi connectivity index (χ4n) is 5.04. The van der Waals surface area contributed by atoms with Gasteiger partial charge >= 0.3 is 5.97 Å². The van der Waals surface area contributed by atoms with E-state index in [1.165, 1.54) is 0 Å². The molecule has 36 heavy (non-hydrogen) atoms. The fraction of sp³-hybridized carbons (Fsp3) is 0.379. The normalized spacial score (nSPS) is 19.5. The van der Waals surface area contributed by atoms with E-state index in [-0.39, 0.29) is 17.5 Å². The van der Waals surface area contributed by atoms with Crippen molar-refractivity contribution < 1.29 is 28.9 Å². The van der Waals surface area contributed by atoms with Crippen molar-refractivity contribution in [1.29, 1.82) is 0 Å². The van der Waals surface area contributed by atoms with Gasteiger partial charge in [0.2, 0.25) is 0 Å². The summed E-state index contributed by atoms with van der Waals surface area (Å²) in [6, 6.07) is 12.4. The monoisotopic (exact) mass is 491 g/mol. The second-order valence-corrected chi connectivity index (χ2v) is 9.21. The van der Waals surface area contributed by atoms with Gasteiger partial charge < -0.3 is 24.6 Å². The van der Waals surface area contributed by atoms with Crippen molar-refractivity contribution in [3.63, 3.8) is 0 Å². The van der Waals surface area contributed by atoms with E-state index in [0.717, 1.165) is 29.7 Å². The van der Waals surface area contributed by atoms with Crippen LogP contribution in [0.1, 0.15) is 62.5 Å². The van der Waals surface area contributed by atoms with Gasteiger partial charge in [-0.05, 0) is 61.1 Å². The average molecular weight is 492 g/mol. The van der Waals surface area contributed by atoms with Crippen molar-refractivity contribution in [1.82, 2.24) is 5.32 Å². The number of methoxy groups -OCH3 is 2. The van der Waals surface area contributed by atoms with Crippen molar-refractivity contribution in [3.05, 3.63) is 76.1 Å². The molecular formula is C29H33NO6. The minimum atomic E-state index is -0.560. The average Bonchev–Trinajstić information content (AvgIpc) is 2.87. The standard InChI is InChI=1S/C29H33NO6/c1-5-6-13-36-29(33)26-17(2)30-22-14-20(19-9-12-24(34-3)25(16-19)35-4)15-23(32)28(22)27(26)18-7-10-21(31)11-8-18/h7-12,16,20,27,30-31H,5-6,13-15H2,1-4H3/t20-,27+/m1/s1. The first-order valence-corrected chi connectivity index (χ1v) is 12.3. The van der Waals surface area contributed by atoms with Gasteiger partial charge in [0.25, 0.3) is 0 Å². The number of esters is 1. The van der Waals surface area contributed by atoms with Crippen molar-refractivity contribution in [2.75, 3.05) is 20.8 Å². The zero-order valence-corrected chi connectivity index (χ0v) is 21.2. The molecule has 2 atom stereocenters. The first-order chi connectivity index (χ1) is 17.4. The Kier molecular flexibility index (Phi) is 7.67. The molecule has 0 bridgehead atoms. The Morgan fingerprint density at radius 1 is 1.03 bits per heavy atom. The van der Waals surface area contributed by atoms with Crippen molar-refractivity contribution >= 4 is 11.8 Å². The Hall–Kier alpha value is -3.74. The van der Waals surface area contributed by atoms with Crippen LogP contribution in [0.5, 0.6) is 17.2 Å². The van der Waals surface area contributed by atoms with Crippen molar-refractivity contribution in [3.8, 4) is 17.2 Å². The van der Waals surface area contributed by atoms with Gasteiger partial charge in [0.05, 0.1) is 26.4 Å². The Balaban J connectivity index is 1.73. The molecule has 0 amide bonds. The molecule has 0 radical (unpaired) electrons. The second-order valence-electron chi connectivity index (χ2n) is 9.21. The highest BCUT2D eigenvalue weighted by molar-refractivity contribution is 6.04. The predicted molar refractivity (Wildman–Crippen MR) is 136 cm³/mol. The van der Waals surface area contributed by atoms with E-state index in [1.54, 1.807) is 38.5 Å². The summed E-state index contributed by atoms with van der Waals surface area (Å²) in [4.78, 5) is 26.9. The second kappa shape index (κ2) is 10.9. The van der Waals surface area contributed by atoms with E-state index in [2.05, 4.69) is 5.32 Å². The van der Waals surface area contributed by atoms with E-state index in [1.807, 2.05) is 32.0 Å². The van der Waals surface area contributed by atoms with Gasteiger partial charge in [-0.15, -0.1) is 0 Å². The molecule has 190 valence electrons. The smallest absolute Gasteiger partial charge is 0.336 e. The number of allylic oxidation sites excluding steroid dienone is 3. The molecule has 1 aliphatic carbocycles. The third kappa shape index (κ3) is 4.96. The molecule has 0 fully saturated rings. The number of nitrogens with one attached hydrogen (secondary N) is 1. The van der Waals surface area contributed by atoms with Crippen LogP contribution in [0.4, 0.5) is 0 Å². The Morgan fingerprint density at radius 2 is 1.72 bits per heavy atom. The summed E-state index contributed by atoms with van der Waals surface area (Å²) < 4.78 is 16.4. The number of carbonyl (C=O) groups excluding carboxylic acids is 2. The molecule has 0 saturated carbocycles. The molecule has 0 aromatic heterocycles. The number of benzene rings is 2. The third-order valence-electron chi connectivity index (χ3n) is 6.88. The molecule has 1 aliphatic heterocycles. The molecule has 2 aliphatic rings. The van der Waals surface area contributed by atoms with Crippen LogP contribution in [-0.2, 0) is 14.3 Å². The zero-order chi connectivity index (χ0) is 25.8. The lowest BCUT2D eigenvalue weighted by atomic mass is 9.71. The third-order valence-corrected chi connectivity index (χ3v) is 6.88. The van der Waals surface area contributed by atoms with Crippen LogP contribution in [0.15, 0.2) is 65.0 Å². The number of hydrogen-bond donors (Lipinski definition) is 2. The van der Waals surface area contributed by atoms with Gasteiger partial charge in [0, 0.05) is 29.3 Å². The summed E-state index contributed by atoms with van der Waals surface area (Å²) in [5.74, 6) is 0.328. The molecule has 4 rings (SSSR count). The summed E-state index contributed by atoms with van der Waals surface area (Å²) in [5, 5.41) is 13.2. The molecule has 2 aromatic rings. The number of Topliss-reactive ketones (excluding diaryl/α,β-unsaturated/α-hetero) is 1. The highest BCUT2D eigenvalue weighted by atomic mass is 16.5. The summed E-state index contributed by atoms with van der Waals surface area (Å²) in [7, 11) is 3.18. The molecule has 0 saturated heterocycles. The number of dihydropyridines is 1. The number of aromatic hydroxyl groups is 1. The Bertz CT molecular complexity index is 1210. The summed E-state index contributed by atoms with van der Waals surface area (Å²) in [6.45, 7) is 4.21. The molecule has 2 aromatic carbocycles. The minimum absolute atomic E-state index is 0.0204. The van der Waals surface area contributed by atoms with Crippen LogP contribution in [0.25, 0.3) is 0 Å². The summed E-state index contributed by atoms with van der Waals surface area (Å²) >= 11 is 0. The number of carbonyl (C=O) groups is 2. The Labute approximate surface area is 211 Å².